The van der Waals surface area contributed by atoms with Crippen LogP contribution in [0.2, 0.25) is 0 Å². The summed E-state index contributed by atoms with van der Waals surface area (Å²) < 4.78 is 10.2. The van der Waals surface area contributed by atoms with Gasteiger partial charge in [-0.25, -0.2) is 4.79 Å². The number of nitrogens with one attached hydrogen (secondary N) is 2. The molecule has 2 N–H and O–H groups in total. The maximum absolute atomic E-state index is 12.4. The van der Waals surface area contributed by atoms with Gasteiger partial charge in [0, 0.05) is 35.6 Å². The summed E-state index contributed by atoms with van der Waals surface area (Å²) in [6.07, 6.45) is 2.50. The number of hydrogen-bond donors (Lipinski definition) is 2. The summed E-state index contributed by atoms with van der Waals surface area (Å²) in [5.41, 5.74) is 2.02. The first-order valence-electron chi connectivity index (χ1n) is 9.46. The van der Waals surface area contributed by atoms with Gasteiger partial charge in [-0.05, 0) is 39.2 Å². The normalized spacial score (nSPS) is 11.3. The van der Waals surface area contributed by atoms with Gasteiger partial charge in [0.2, 0.25) is 5.78 Å². The smallest absolute Gasteiger partial charge is 0.407 e. The lowest BCUT2D eigenvalue weighted by Crippen LogP contribution is -2.33. The van der Waals surface area contributed by atoms with Crippen molar-refractivity contribution in [3.05, 3.63) is 35.5 Å². The van der Waals surface area contributed by atoms with Gasteiger partial charge < -0.3 is 19.8 Å². The standard InChI is InChI=1S/C21H28N2O5/c1-5-14-8-6-9-15-16(12-23-19(14)15)17(24)13-27-18(25)10-7-11-22-20(26)28-21(2,3)4/h6,8-9,12,23H,5,7,10-11,13H2,1-4H3,(H,22,26). The van der Waals surface area contributed by atoms with Crippen LogP contribution < -0.4 is 5.32 Å². The SMILES string of the molecule is CCc1cccc2c(C(=O)COC(=O)CCCNC(=O)OC(C)(C)C)c[nH]c12. The molecule has 0 bridgehead atoms. The number of benzene rings is 1. The molecule has 0 fully saturated rings. The second-order valence-corrected chi connectivity index (χ2v) is 7.51. The molecular weight excluding hydrogens is 360 g/mol. The topological polar surface area (TPSA) is 97.5 Å². The molecule has 0 unspecified atom stereocenters. The van der Waals surface area contributed by atoms with E-state index in [4.69, 9.17) is 9.47 Å². The van der Waals surface area contributed by atoms with E-state index in [2.05, 4.69) is 17.2 Å². The van der Waals surface area contributed by atoms with Crippen molar-refractivity contribution in [1.82, 2.24) is 10.3 Å². The molecule has 0 atom stereocenters. The van der Waals surface area contributed by atoms with Gasteiger partial charge in [-0.1, -0.05) is 25.1 Å². The molecule has 1 heterocycles. The Hall–Kier alpha value is -2.83. The highest BCUT2D eigenvalue weighted by atomic mass is 16.6. The van der Waals surface area contributed by atoms with Gasteiger partial charge in [-0.3, -0.25) is 9.59 Å². The lowest BCUT2D eigenvalue weighted by Gasteiger charge is -2.19. The minimum Gasteiger partial charge on any atom is -0.457 e. The maximum atomic E-state index is 12.4. The second kappa shape index (κ2) is 9.39. The molecule has 152 valence electrons. The zero-order valence-corrected chi connectivity index (χ0v) is 16.9. The number of para-hydroxylation sites is 1. The van der Waals surface area contributed by atoms with Crippen LogP contribution in [0, 0.1) is 0 Å². The number of aromatic amines is 1. The van der Waals surface area contributed by atoms with E-state index in [0.717, 1.165) is 22.9 Å². The number of amides is 1. The van der Waals surface area contributed by atoms with Gasteiger partial charge in [0.05, 0.1) is 0 Å². The number of aromatic nitrogens is 1. The fourth-order valence-corrected chi connectivity index (χ4v) is 2.78. The molecule has 0 saturated carbocycles. The molecule has 0 saturated heterocycles. The summed E-state index contributed by atoms with van der Waals surface area (Å²) in [6, 6.07) is 5.80. The van der Waals surface area contributed by atoms with E-state index in [1.165, 1.54) is 0 Å². The van der Waals surface area contributed by atoms with Gasteiger partial charge in [0.15, 0.2) is 6.61 Å². The number of ketones is 1. The lowest BCUT2D eigenvalue weighted by molar-refractivity contribution is -0.142. The molecule has 2 aromatic rings. The van der Waals surface area contributed by atoms with E-state index in [0.29, 0.717) is 18.5 Å². The molecule has 1 aromatic carbocycles. The minimum absolute atomic E-state index is 0.108. The molecule has 7 heteroatoms. The molecule has 0 aliphatic rings. The third-order valence-electron chi connectivity index (χ3n) is 4.07. The van der Waals surface area contributed by atoms with Crippen LogP contribution in [0.5, 0.6) is 0 Å². The van der Waals surface area contributed by atoms with Gasteiger partial charge >= 0.3 is 12.1 Å². The van der Waals surface area contributed by atoms with Crippen molar-refractivity contribution < 1.29 is 23.9 Å². The Kier molecular flexibility index (Phi) is 7.20. The van der Waals surface area contributed by atoms with Gasteiger partial charge in [0.1, 0.15) is 5.60 Å². The Morgan fingerprint density at radius 3 is 2.61 bits per heavy atom. The summed E-state index contributed by atoms with van der Waals surface area (Å²) in [7, 11) is 0. The second-order valence-electron chi connectivity index (χ2n) is 7.51. The van der Waals surface area contributed by atoms with Crippen LogP contribution in [0.15, 0.2) is 24.4 Å². The zero-order valence-electron chi connectivity index (χ0n) is 16.9. The van der Waals surface area contributed by atoms with E-state index in [9.17, 15) is 14.4 Å². The number of aryl methyl sites for hydroxylation is 1. The predicted molar refractivity (Wildman–Crippen MR) is 106 cm³/mol. The highest BCUT2D eigenvalue weighted by Gasteiger charge is 2.17. The number of fused-ring (bicyclic) bond motifs is 1. The summed E-state index contributed by atoms with van der Waals surface area (Å²) in [5, 5.41) is 3.41. The average molecular weight is 388 g/mol. The van der Waals surface area contributed by atoms with E-state index < -0.39 is 17.7 Å². The molecule has 2 rings (SSSR count). The van der Waals surface area contributed by atoms with Crippen LogP contribution >= 0.6 is 0 Å². The molecule has 0 spiro atoms. The van der Waals surface area contributed by atoms with Crippen LogP contribution in [0.4, 0.5) is 4.79 Å². The van der Waals surface area contributed by atoms with Crippen molar-refractivity contribution in [2.75, 3.05) is 13.2 Å². The number of hydrogen-bond acceptors (Lipinski definition) is 5. The third kappa shape index (κ3) is 6.11. The van der Waals surface area contributed by atoms with Crippen LogP contribution in [-0.4, -0.2) is 41.6 Å². The number of rotatable bonds is 8. The fraction of sp³-hybridized carbons (Fsp3) is 0.476. The Morgan fingerprint density at radius 2 is 1.93 bits per heavy atom. The molecule has 1 amide bonds. The van der Waals surface area contributed by atoms with Gasteiger partial charge in [0.25, 0.3) is 0 Å². The van der Waals surface area contributed by atoms with Crippen LogP contribution in [-0.2, 0) is 20.7 Å². The number of alkyl carbamates (subject to hydrolysis) is 1. The average Bonchev–Trinajstić information content (AvgIpc) is 3.06. The largest absolute Gasteiger partial charge is 0.457 e. The minimum atomic E-state index is -0.566. The Bertz CT molecular complexity index is 848. The van der Waals surface area contributed by atoms with Crippen LogP contribution in [0.3, 0.4) is 0 Å². The number of Topliss-reactive ketones (excluding diaryl/α,β-unsaturated/α-hetero) is 1. The first kappa shape index (κ1) is 21.5. The fourth-order valence-electron chi connectivity index (χ4n) is 2.78. The highest BCUT2D eigenvalue weighted by Crippen LogP contribution is 2.22. The van der Waals surface area contributed by atoms with Crippen molar-refractivity contribution in [2.24, 2.45) is 0 Å². The number of carbonyl (C=O) groups is 3. The van der Waals surface area contributed by atoms with Crippen LogP contribution in [0.25, 0.3) is 10.9 Å². The van der Waals surface area contributed by atoms with E-state index in [1.807, 2.05) is 18.2 Å². The van der Waals surface area contributed by atoms with E-state index in [-0.39, 0.29) is 18.8 Å². The third-order valence-corrected chi connectivity index (χ3v) is 4.07. The van der Waals surface area contributed by atoms with Gasteiger partial charge in [-0.2, -0.15) is 0 Å². The van der Waals surface area contributed by atoms with Crippen molar-refractivity contribution in [1.29, 1.82) is 0 Å². The summed E-state index contributed by atoms with van der Waals surface area (Å²) >= 11 is 0. The molecule has 1 aromatic heterocycles. The predicted octanol–water partition coefficient (Wildman–Crippen LogP) is 3.76. The first-order chi connectivity index (χ1) is 13.2. The molecule has 7 nitrogen and oxygen atoms in total. The van der Waals surface area contributed by atoms with Crippen molar-refractivity contribution in [3.8, 4) is 0 Å². The van der Waals surface area contributed by atoms with Crippen LogP contribution in [0.1, 0.15) is 56.5 Å². The Morgan fingerprint density at radius 1 is 1.18 bits per heavy atom. The number of ether oxygens (including phenoxy) is 2. The Labute approximate surface area is 164 Å². The van der Waals surface area contributed by atoms with Crippen molar-refractivity contribution in [3.63, 3.8) is 0 Å². The lowest BCUT2D eigenvalue weighted by atomic mass is 10.1. The number of esters is 1. The number of carbonyl (C=O) groups excluding carboxylic acids is 3. The molecule has 0 aliphatic carbocycles. The highest BCUT2D eigenvalue weighted by molar-refractivity contribution is 6.09. The molecule has 0 radical (unpaired) electrons. The van der Waals surface area contributed by atoms with Crippen molar-refractivity contribution >= 4 is 28.7 Å². The Balaban J connectivity index is 1.76. The summed E-state index contributed by atoms with van der Waals surface area (Å²) in [4.78, 5) is 38.9. The van der Waals surface area contributed by atoms with Gasteiger partial charge in [-0.15, -0.1) is 0 Å². The number of H-pyrrole nitrogens is 1. The zero-order chi connectivity index (χ0) is 20.7. The summed E-state index contributed by atoms with van der Waals surface area (Å²) in [5.74, 6) is -0.729. The molecular formula is C21H28N2O5. The molecule has 28 heavy (non-hydrogen) atoms. The maximum Gasteiger partial charge on any atom is 0.407 e. The van der Waals surface area contributed by atoms with E-state index >= 15 is 0 Å². The molecule has 0 aliphatic heterocycles. The van der Waals surface area contributed by atoms with E-state index in [1.54, 1.807) is 27.0 Å². The first-order valence-corrected chi connectivity index (χ1v) is 9.46. The quantitative estimate of drug-likeness (QED) is 0.408. The monoisotopic (exact) mass is 388 g/mol. The van der Waals surface area contributed by atoms with Crippen molar-refractivity contribution in [2.45, 2.75) is 52.6 Å². The summed E-state index contributed by atoms with van der Waals surface area (Å²) in [6.45, 7) is 7.37.